The SMILES string of the molecule is Cc1cccc(F)c1S(=O)(=O)NCCC1CCNC1. The Balaban J connectivity index is 2.01. The van der Waals surface area contributed by atoms with Gasteiger partial charge in [0, 0.05) is 6.54 Å². The Morgan fingerprint density at radius 2 is 2.26 bits per heavy atom. The summed E-state index contributed by atoms with van der Waals surface area (Å²) < 4.78 is 40.3. The van der Waals surface area contributed by atoms with Gasteiger partial charge in [0.05, 0.1) is 0 Å². The zero-order valence-corrected chi connectivity index (χ0v) is 11.8. The highest BCUT2D eigenvalue weighted by Gasteiger charge is 2.22. The highest BCUT2D eigenvalue weighted by atomic mass is 32.2. The Labute approximate surface area is 113 Å². The minimum atomic E-state index is -3.76. The number of sulfonamides is 1. The molecule has 1 aliphatic rings. The lowest BCUT2D eigenvalue weighted by Gasteiger charge is -2.12. The van der Waals surface area contributed by atoms with E-state index in [0.717, 1.165) is 25.9 Å². The van der Waals surface area contributed by atoms with Gasteiger partial charge in [-0.05, 0) is 50.4 Å². The molecule has 19 heavy (non-hydrogen) atoms. The first-order valence-electron chi connectivity index (χ1n) is 6.46. The van der Waals surface area contributed by atoms with E-state index in [-0.39, 0.29) is 4.90 Å². The smallest absolute Gasteiger partial charge is 0.243 e. The van der Waals surface area contributed by atoms with Crippen molar-refractivity contribution in [2.45, 2.75) is 24.7 Å². The van der Waals surface area contributed by atoms with E-state index in [9.17, 15) is 12.8 Å². The molecule has 1 aromatic carbocycles. The zero-order chi connectivity index (χ0) is 13.9. The van der Waals surface area contributed by atoms with Crippen molar-refractivity contribution in [3.8, 4) is 0 Å². The predicted octanol–water partition coefficient (Wildman–Crippen LogP) is 1.41. The van der Waals surface area contributed by atoms with Crippen molar-refractivity contribution in [3.63, 3.8) is 0 Å². The molecule has 0 radical (unpaired) electrons. The number of aryl methyl sites for hydroxylation is 1. The van der Waals surface area contributed by atoms with Crippen LogP contribution < -0.4 is 10.0 Å². The van der Waals surface area contributed by atoms with E-state index in [4.69, 9.17) is 0 Å². The van der Waals surface area contributed by atoms with E-state index in [1.165, 1.54) is 12.1 Å². The van der Waals surface area contributed by atoms with Crippen LogP contribution in [0.1, 0.15) is 18.4 Å². The summed E-state index contributed by atoms with van der Waals surface area (Å²) >= 11 is 0. The summed E-state index contributed by atoms with van der Waals surface area (Å²) in [5.41, 5.74) is 0.426. The number of benzene rings is 1. The van der Waals surface area contributed by atoms with Gasteiger partial charge in [0.1, 0.15) is 10.7 Å². The Bertz CT molecular complexity index is 519. The Morgan fingerprint density at radius 3 is 2.89 bits per heavy atom. The van der Waals surface area contributed by atoms with Gasteiger partial charge in [-0.2, -0.15) is 0 Å². The van der Waals surface area contributed by atoms with Crippen molar-refractivity contribution in [3.05, 3.63) is 29.6 Å². The maximum Gasteiger partial charge on any atom is 0.243 e. The fraction of sp³-hybridized carbons (Fsp3) is 0.538. The van der Waals surface area contributed by atoms with Gasteiger partial charge >= 0.3 is 0 Å². The maximum absolute atomic E-state index is 13.6. The van der Waals surface area contributed by atoms with E-state index in [0.29, 0.717) is 18.0 Å². The minimum absolute atomic E-state index is 0.237. The van der Waals surface area contributed by atoms with Gasteiger partial charge in [0.2, 0.25) is 10.0 Å². The number of rotatable bonds is 5. The van der Waals surface area contributed by atoms with Crippen LogP contribution in [0.4, 0.5) is 4.39 Å². The molecule has 0 aliphatic carbocycles. The highest BCUT2D eigenvalue weighted by molar-refractivity contribution is 7.89. The molecule has 1 aliphatic heterocycles. The predicted molar refractivity (Wildman–Crippen MR) is 71.9 cm³/mol. The van der Waals surface area contributed by atoms with Gasteiger partial charge in [-0.15, -0.1) is 0 Å². The molecule has 1 saturated heterocycles. The quantitative estimate of drug-likeness (QED) is 0.860. The van der Waals surface area contributed by atoms with Crippen LogP contribution in [0, 0.1) is 18.7 Å². The third-order valence-corrected chi connectivity index (χ3v) is 5.08. The lowest BCUT2D eigenvalue weighted by atomic mass is 10.1. The van der Waals surface area contributed by atoms with E-state index in [2.05, 4.69) is 10.0 Å². The largest absolute Gasteiger partial charge is 0.316 e. The topological polar surface area (TPSA) is 58.2 Å². The normalized spacial score (nSPS) is 19.8. The summed E-state index contributed by atoms with van der Waals surface area (Å²) in [6, 6.07) is 4.27. The number of nitrogens with one attached hydrogen (secondary N) is 2. The standard InChI is InChI=1S/C13H19FN2O2S/c1-10-3-2-4-12(14)13(10)19(17,18)16-8-6-11-5-7-15-9-11/h2-4,11,15-16H,5-9H2,1H3. The molecule has 0 spiro atoms. The molecule has 1 heterocycles. The summed E-state index contributed by atoms with van der Waals surface area (Å²) in [4.78, 5) is -0.237. The Kier molecular flexibility index (Phi) is 4.54. The van der Waals surface area contributed by atoms with Crippen molar-refractivity contribution in [2.75, 3.05) is 19.6 Å². The van der Waals surface area contributed by atoms with Crippen molar-refractivity contribution >= 4 is 10.0 Å². The second kappa shape index (κ2) is 5.98. The minimum Gasteiger partial charge on any atom is -0.316 e. The number of hydrogen-bond acceptors (Lipinski definition) is 3. The number of halogens is 1. The van der Waals surface area contributed by atoms with Gasteiger partial charge in [0.25, 0.3) is 0 Å². The molecule has 0 bridgehead atoms. The molecule has 1 aromatic rings. The average Bonchev–Trinajstić information content (AvgIpc) is 2.81. The molecule has 0 amide bonds. The number of hydrogen-bond donors (Lipinski definition) is 2. The molecule has 4 nitrogen and oxygen atoms in total. The molecular formula is C13H19FN2O2S. The van der Waals surface area contributed by atoms with E-state index in [1.807, 2.05) is 0 Å². The lowest BCUT2D eigenvalue weighted by molar-refractivity contribution is 0.515. The van der Waals surface area contributed by atoms with Crippen LogP contribution in [0.25, 0.3) is 0 Å². The first-order chi connectivity index (χ1) is 9.00. The Morgan fingerprint density at radius 1 is 1.47 bits per heavy atom. The molecule has 2 N–H and O–H groups in total. The highest BCUT2D eigenvalue weighted by Crippen LogP contribution is 2.19. The van der Waals surface area contributed by atoms with E-state index in [1.54, 1.807) is 13.0 Å². The van der Waals surface area contributed by atoms with Crippen LogP contribution >= 0.6 is 0 Å². The van der Waals surface area contributed by atoms with Crippen LogP contribution in [0.3, 0.4) is 0 Å². The van der Waals surface area contributed by atoms with Gasteiger partial charge in [-0.1, -0.05) is 12.1 Å². The molecule has 0 saturated carbocycles. The fourth-order valence-corrected chi connectivity index (χ4v) is 3.73. The molecule has 2 rings (SSSR count). The summed E-state index contributed by atoms with van der Waals surface area (Å²) in [5, 5.41) is 3.23. The molecule has 0 aromatic heterocycles. The van der Waals surface area contributed by atoms with Gasteiger partial charge in [0.15, 0.2) is 0 Å². The third-order valence-electron chi connectivity index (χ3n) is 3.44. The van der Waals surface area contributed by atoms with Crippen molar-refractivity contribution in [2.24, 2.45) is 5.92 Å². The first kappa shape index (κ1) is 14.4. The fourth-order valence-electron chi connectivity index (χ4n) is 2.39. The molecule has 1 fully saturated rings. The molecular weight excluding hydrogens is 267 g/mol. The van der Waals surface area contributed by atoms with Crippen LogP contribution in [0.15, 0.2) is 23.1 Å². The molecule has 1 unspecified atom stereocenters. The van der Waals surface area contributed by atoms with E-state index < -0.39 is 15.8 Å². The maximum atomic E-state index is 13.6. The van der Waals surface area contributed by atoms with Crippen LogP contribution in [-0.2, 0) is 10.0 Å². The average molecular weight is 286 g/mol. The van der Waals surface area contributed by atoms with Crippen LogP contribution in [0.2, 0.25) is 0 Å². The second-order valence-corrected chi connectivity index (χ2v) is 6.63. The van der Waals surface area contributed by atoms with E-state index >= 15 is 0 Å². The lowest BCUT2D eigenvalue weighted by Crippen LogP contribution is -2.28. The molecule has 1 atom stereocenters. The summed E-state index contributed by atoms with van der Waals surface area (Å²) in [6.45, 7) is 3.87. The monoisotopic (exact) mass is 286 g/mol. The molecule has 106 valence electrons. The first-order valence-corrected chi connectivity index (χ1v) is 7.94. The van der Waals surface area contributed by atoms with Crippen molar-refractivity contribution < 1.29 is 12.8 Å². The van der Waals surface area contributed by atoms with Crippen LogP contribution in [0.5, 0.6) is 0 Å². The van der Waals surface area contributed by atoms with Gasteiger partial charge < -0.3 is 5.32 Å². The van der Waals surface area contributed by atoms with Crippen molar-refractivity contribution in [1.29, 1.82) is 0 Å². The second-order valence-electron chi connectivity index (χ2n) is 4.93. The van der Waals surface area contributed by atoms with Crippen LogP contribution in [-0.4, -0.2) is 28.1 Å². The van der Waals surface area contributed by atoms with Gasteiger partial charge in [-0.25, -0.2) is 17.5 Å². The summed E-state index contributed by atoms with van der Waals surface area (Å²) in [6.07, 6.45) is 1.85. The third kappa shape index (κ3) is 3.52. The molecule has 6 heteroatoms. The van der Waals surface area contributed by atoms with Gasteiger partial charge in [-0.3, -0.25) is 0 Å². The Hall–Kier alpha value is -0.980. The summed E-state index contributed by atoms with van der Waals surface area (Å²) in [7, 11) is -3.76. The van der Waals surface area contributed by atoms with Crippen molar-refractivity contribution in [1.82, 2.24) is 10.0 Å². The zero-order valence-electron chi connectivity index (χ0n) is 10.9. The summed E-state index contributed by atoms with van der Waals surface area (Å²) in [5.74, 6) is -0.195.